The quantitative estimate of drug-likeness (QED) is 0.565. The van der Waals surface area contributed by atoms with Gasteiger partial charge in [-0.1, -0.05) is 0 Å². The van der Waals surface area contributed by atoms with Crippen LogP contribution in [0.5, 0.6) is 11.8 Å². The molecule has 1 aromatic rings. The van der Waals surface area contributed by atoms with E-state index in [1.807, 2.05) is 0 Å². The van der Waals surface area contributed by atoms with Crippen LogP contribution in [0.25, 0.3) is 0 Å². The minimum absolute atomic E-state index is 0.204. The van der Waals surface area contributed by atoms with Gasteiger partial charge in [-0.25, -0.2) is 14.8 Å². The number of hydrogen-bond donors (Lipinski definition) is 2. The van der Waals surface area contributed by atoms with Crippen LogP contribution in [0.4, 0.5) is 4.79 Å². The van der Waals surface area contributed by atoms with Crippen molar-refractivity contribution in [1.82, 2.24) is 9.97 Å². The molecule has 1 aromatic heterocycles. The summed E-state index contributed by atoms with van der Waals surface area (Å²) in [7, 11) is 0. The first-order chi connectivity index (χ1) is 5.18. The van der Waals surface area contributed by atoms with Gasteiger partial charge in [0.15, 0.2) is 0 Å². The molecule has 1 rings (SSSR count). The van der Waals surface area contributed by atoms with Crippen LogP contribution in [0, 0.1) is 0 Å². The van der Waals surface area contributed by atoms with Crippen LogP contribution < -0.4 is 4.74 Å². The Morgan fingerprint density at radius 2 is 2.27 bits per heavy atom. The van der Waals surface area contributed by atoms with Gasteiger partial charge in [-0.15, -0.1) is 0 Å². The van der Waals surface area contributed by atoms with Crippen molar-refractivity contribution in [1.29, 1.82) is 0 Å². The van der Waals surface area contributed by atoms with Crippen LogP contribution in [0.3, 0.4) is 0 Å². The van der Waals surface area contributed by atoms with Gasteiger partial charge >= 0.3 is 6.16 Å². The molecule has 6 nitrogen and oxygen atoms in total. The summed E-state index contributed by atoms with van der Waals surface area (Å²) in [5, 5.41) is 16.8. The van der Waals surface area contributed by atoms with Gasteiger partial charge in [0, 0.05) is 0 Å². The van der Waals surface area contributed by atoms with Crippen LogP contribution in [0.2, 0.25) is 0 Å². The Bertz CT molecular complexity index is 275. The topological polar surface area (TPSA) is 92.5 Å². The zero-order chi connectivity index (χ0) is 8.27. The van der Waals surface area contributed by atoms with Crippen molar-refractivity contribution in [2.45, 2.75) is 0 Å². The van der Waals surface area contributed by atoms with E-state index in [9.17, 15) is 4.79 Å². The first kappa shape index (κ1) is 7.26. The molecule has 11 heavy (non-hydrogen) atoms. The molecule has 0 aliphatic rings. The van der Waals surface area contributed by atoms with E-state index in [-0.39, 0.29) is 11.8 Å². The molecular formula is C5H4N2O4. The number of carboxylic acid groups (broad SMARTS) is 1. The van der Waals surface area contributed by atoms with E-state index in [1.165, 1.54) is 0 Å². The molecule has 0 aromatic carbocycles. The standard InChI is InChI=1S/C5H4N2O4/c8-3-1-4(7-2-6-3)11-5(9)10/h1-2H,(H,9,10)(H,6,7,8). The summed E-state index contributed by atoms with van der Waals surface area (Å²) >= 11 is 0. The minimum atomic E-state index is -1.48. The predicted molar refractivity (Wildman–Crippen MR) is 32.3 cm³/mol. The smallest absolute Gasteiger partial charge is 0.493 e. The zero-order valence-corrected chi connectivity index (χ0v) is 5.26. The fourth-order valence-electron chi connectivity index (χ4n) is 0.475. The second-order valence-corrected chi connectivity index (χ2v) is 1.58. The summed E-state index contributed by atoms with van der Waals surface area (Å²) in [6.45, 7) is 0. The van der Waals surface area contributed by atoms with Gasteiger partial charge in [0.2, 0.25) is 11.8 Å². The summed E-state index contributed by atoms with van der Waals surface area (Å²) in [6.07, 6.45) is -0.490. The molecule has 2 N–H and O–H groups in total. The van der Waals surface area contributed by atoms with E-state index in [2.05, 4.69) is 14.7 Å². The van der Waals surface area contributed by atoms with Crippen molar-refractivity contribution in [2.24, 2.45) is 0 Å². The first-order valence-electron chi connectivity index (χ1n) is 2.60. The lowest BCUT2D eigenvalue weighted by atomic mass is 10.6. The molecule has 0 unspecified atom stereocenters. The molecule has 0 saturated carbocycles. The van der Waals surface area contributed by atoms with E-state index < -0.39 is 6.16 Å². The normalized spacial score (nSPS) is 9.09. The van der Waals surface area contributed by atoms with Crippen LogP contribution in [-0.2, 0) is 0 Å². The van der Waals surface area contributed by atoms with Crippen LogP contribution in [-0.4, -0.2) is 26.3 Å². The molecular weight excluding hydrogens is 152 g/mol. The molecule has 0 fully saturated rings. The van der Waals surface area contributed by atoms with Gasteiger partial charge in [-0.2, -0.15) is 0 Å². The third-order valence-electron chi connectivity index (χ3n) is 0.819. The Kier molecular flexibility index (Phi) is 1.86. The highest BCUT2D eigenvalue weighted by atomic mass is 16.7. The van der Waals surface area contributed by atoms with Gasteiger partial charge in [-0.05, 0) is 0 Å². The Morgan fingerprint density at radius 3 is 2.82 bits per heavy atom. The Hall–Kier alpha value is -1.85. The number of nitrogens with zero attached hydrogens (tertiary/aromatic N) is 2. The molecule has 1 heterocycles. The maximum atomic E-state index is 9.92. The Labute approximate surface area is 61.1 Å². The fourth-order valence-corrected chi connectivity index (χ4v) is 0.475. The highest BCUT2D eigenvalue weighted by Gasteiger charge is 2.02. The van der Waals surface area contributed by atoms with Crippen LogP contribution in [0.15, 0.2) is 12.4 Å². The van der Waals surface area contributed by atoms with Crippen molar-refractivity contribution in [3.05, 3.63) is 12.4 Å². The third kappa shape index (κ3) is 2.09. The third-order valence-corrected chi connectivity index (χ3v) is 0.819. The largest absolute Gasteiger partial charge is 0.512 e. The van der Waals surface area contributed by atoms with Crippen molar-refractivity contribution in [3.8, 4) is 11.8 Å². The number of ether oxygens (including phenoxy) is 1. The first-order valence-corrected chi connectivity index (χ1v) is 2.60. The lowest BCUT2D eigenvalue weighted by Gasteiger charge is -1.96. The number of rotatable bonds is 1. The lowest BCUT2D eigenvalue weighted by molar-refractivity contribution is 0.142. The van der Waals surface area contributed by atoms with Crippen molar-refractivity contribution in [2.75, 3.05) is 0 Å². The highest BCUT2D eigenvalue weighted by Crippen LogP contribution is 2.10. The molecule has 0 atom stereocenters. The minimum Gasteiger partial charge on any atom is -0.493 e. The Morgan fingerprint density at radius 1 is 1.55 bits per heavy atom. The maximum Gasteiger partial charge on any atom is 0.512 e. The highest BCUT2D eigenvalue weighted by molar-refractivity contribution is 5.60. The molecule has 0 spiro atoms. The lowest BCUT2D eigenvalue weighted by Crippen LogP contribution is -2.04. The van der Waals surface area contributed by atoms with E-state index in [1.54, 1.807) is 0 Å². The molecule has 58 valence electrons. The molecule has 6 heteroatoms. The van der Waals surface area contributed by atoms with Gasteiger partial charge in [0.05, 0.1) is 6.07 Å². The van der Waals surface area contributed by atoms with Gasteiger partial charge < -0.3 is 14.9 Å². The summed E-state index contributed by atoms with van der Waals surface area (Å²) in [4.78, 5) is 16.6. The van der Waals surface area contributed by atoms with Gasteiger partial charge in [-0.3, -0.25) is 0 Å². The van der Waals surface area contributed by atoms with E-state index in [0.717, 1.165) is 12.4 Å². The number of carbonyl (C=O) groups is 1. The summed E-state index contributed by atoms with van der Waals surface area (Å²) in [5.74, 6) is -0.541. The molecule has 0 amide bonds. The van der Waals surface area contributed by atoms with Gasteiger partial charge in [0.1, 0.15) is 6.33 Å². The van der Waals surface area contributed by atoms with Crippen molar-refractivity contribution in [3.63, 3.8) is 0 Å². The maximum absolute atomic E-state index is 9.92. The van der Waals surface area contributed by atoms with E-state index in [0.29, 0.717) is 0 Å². The summed E-state index contributed by atoms with van der Waals surface area (Å²) in [5.41, 5.74) is 0. The zero-order valence-electron chi connectivity index (χ0n) is 5.26. The van der Waals surface area contributed by atoms with Crippen molar-refractivity contribution < 1.29 is 19.7 Å². The SMILES string of the molecule is O=C(O)Oc1cc(O)ncn1. The second-order valence-electron chi connectivity index (χ2n) is 1.58. The molecule has 0 radical (unpaired) electrons. The van der Waals surface area contributed by atoms with Crippen molar-refractivity contribution >= 4 is 6.16 Å². The van der Waals surface area contributed by atoms with Gasteiger partial charge in [0.25, 0.3) is 0 Å². The molecule has 0 aliphatic carbocycles. The Balaban J connectivity index is 2.79. The molecule has 0 saturated heterocycles. The molecule has 0 bridgehead atoms. The van der Waals surface area contributed by atoms with Crippen LogP contribution in [0.1, 0.15) is 0 Å². The number of aromatic hydroxyl groups is 1. The molecule has 0 aliphatic heterocycles. The van der Waals surface area contributed by atoms with E-state index in [4.69, 9.17) is 10.2 Å². The van der Waals surface area contributed by atoms with Crippen LogP contribution >= 0.6 is 0 Å². The second kappa shape index (κ2) is 2.82. The average Bonchev–Trinajstić information content (AvgIpc) is 1.85. The number of aromatic nitrogens is 2. The monoisotopic (exact) mass is 156 g/mol. The fraction of sp³-hybridized carbons (Fsp3) is 0. The summed E-state index contributed by atoms with van der Waals surface area (Å²) in [6, 6.07) is 0.994. The summed E-state index contributed by atoms with van der Waals surface area (Å²) < 4.78 is 4.10. The van der Waals surface area contributed by atoms with E-state index >= 15 is 0 Å². The predicted octanol–water partition coefficient (Wildman–Crippen LogP) is 0.239. The number of hydrogen-bond acceptors (Lipinski definition) is 5. The average molecular weight is 156 g/mol.